The third kappa shape index (κ3) is 4.86. The van der Waals surface area contributed by atoms with Crippen LogP contribution in [0.25, 0.3) is 0 Å². The van der Waals surface area contributed by atoms with E-state index < -0.39 is 10.0 Å². The molecule has 1 aliphatic carbocycles. The van der Waals surface area contributed by atoms with Crippen molar-refractivity contribution in [3.63, 3.8) is 0 Å². The van der Waals surface area contributed by atoms with Crippen molar-refractivity contribution in [1.82, 2.24) is 9.62 Å². The minimum atomic E-state index is -3.69. The molecule has 2 aliphatic heterocycles. The van der Waals surface area contributed by atoms with Crippen molar-refractivity contribution in [3.05, 3.63) is 22.2 Å². The Balaban J connectivity index is 1.44. The maximum absolute atomic E-state index is 13.1. The van der Waals surface area contributed by atoms with Crippen molar-refractivity contribution in [2.24, 2.45) is 11.8 Å². The Kier molecular flexibility index (Phi) is 6.35. The molecule has 1 amide bonds. The van der Waals surface area contributed by atoms with Crippen LogP contribution in [0.3, 0.4) is 0 Å². The van der Waals surface area contributed by atoms with Gasteiger partial charge >= 0.3 is 0 Å². The van der Waals surface area contributed by atoms with Crippen LogP contribution in [0.1, 0.15) is 44.6 Å². The molecule has 1 N–H and O–H groups in total. The molecule has 1 atom stereocenters. The third-order valence-electron chi connectivity index (χ3n) is 6.16. The molecule has 1 aromatic rings. The van der Waals surface area contributed by atoms with Gasteiger partial charge in [-0.2, -0.15) is 0 Å². The van der Waals surface area contributed by atoms with E-state index in [9.17, 15) is 13.2 Å². The molecule has 0 bridgehead atoms. The molecular formula is C21H30BrN3O3S. The fourth-order valence-electron chi connectivity index (χ4n) is 4.52. The Morgan fingerprint density at radius 1 is 1.24 bits per heavy atom. The number of carbonyl (C=O) groups excluding carboxylic acids is 1. The summed E-state index contributed by atoms with van der Waals surface area (Å²) in [5.74, 6) is 0.862. The van der Waals surface area contributed by atoms with Crippen LogP contribution in [-0.2, 0) is 21.2 Å². The second kappa shape index (κ2) is 8.65. The van der Waals surface area contributed by atoms with E-state index in [0.717, 1.165) is 54.9 Å². The molecule has 160 valence electrons. The third-order valence-corrected chi connectivity index (χ3v) is 8.09. The lowest BCUT2D eigenvalue weighted by atomic mass is 10.0. The van der Waals surface area contributed by atoms with Crippen molar-refractivity contribution in [2.75, 3.05) is 37.6 Å². The second-order valence-corrected chi connectivity index (χ2v) is 11.4. The number of sulfonamides is 1. The SMILES string of the molecule is C[C@H]1CCCN(CCCNS(=O)(=O)c2cc(Br)cc3c2N(C(=O)C2CC2)CC3)C1. The predicted molar refractivity (Wildman–Crippen MR) is 118 cm³/mol. The molecule has 3 aliphatic rings. The first kappa shape index (κ1) is 21.3. The number of nitrogens with one attached hydrogen (secondary N) is 1. The summed E-state index contributed by atoms with van der Waals surface area (Å²) in [6, 6.07) is 3.57. The molecular weight excluding hydrogens is 454 g/mol. The van der Waals surface area contributed by atoms with Crippen molar-refractivity contribution >= 4 is 37.5 Å². The van der Waals surface area contributed by atoms with Crippen LogP contribution in [0, 0.1) is 11.8 Å². The molecule has 8 heteroatoms. The highest BCUT2D eigenvalue weighted by Gasteiger charge is 2.39. The van der Waals surface area contributed by atoms with Crippen LogP contribution < -0.4 is 9.62 Å². The van der Waals surface area contributed by atoms with Gasteiger partial charge in [0.25, 0.3) is 0 Å². The number of anilines is 1. The molecule has 1 saturated carbocycles. The molecule has 0 unspecified atom stereocenters. The van der Waals surface area contributed by atoms with Crippen molar-refractivity contribution in [2.45, 2.75) is 50.3 Å². The lowest BCUT2D eigenvalue weighted by Gasteiger charge is -2.30. The molecule has 4 rings (SSSR count). The summed E-state index contributed by atoms with van der Waals surface area (Å²) in [7, 11) is -3.69. The summed E-state index contributed by atoms with van der Waals surface area (Å²) in [5, 5.41) is 0. The lowest BCUT2D eigenvalue weighted by molar-refractivity contribution is -0.119. The van der Waals surface area contributed by atoms with Gasteiger partial charge in [0.2, 0.25) is 15.9 Å². The number of fused-ring (bicyclic) bond motifs is 1. The van der Waals surface area contributed by atoms with Crippen molar-refractivity contribution in [3.8, 4) is 0 Å². The van der Waals surface area contributed by atoms with Gasteiger partial charge in [-0.3, -0.25) is 4.79 Å². The van der Waals surface area contributed by atoms with Gasteiger partial charge in [0, 0.05) is 30.0 Å². The molecule has 29 heavy (non-hydrogen) atoms. The van der Waals surface area contributed by atoms with Gasteiger partial charge in [-0.15, -0.1) is 0 Å². The highest BCUT2D eigenvalue weighted by molar-refractivity contribution is 9.10. The fourth-order valence-corrected chi connectivity index (χ4v) is 6.53. The molecule has 6 nitrogen and oxygen atoms in total. The molecule has 0 radical (unpaired) electrons. The van der Waals surface area contributed by atoms with E-state index in [0.29, 0.717) is 25.2 Å². The Hall–Kier alpha value is -0.960. The van der Waals surface area contributed by atoms with E-state index in [4.69, 9.17) is 0 Å². The number of benzene rings is 1. The first-order chi connectivity index (χ1) is 13.8. The Bertz CT molecular complexity index is 885. The smallest absolute Gasteiger partial charge is 0.242 e. The average molecular weight is 484 g/mol. The number of rotatable bonds is 7. The van der Waals surface area contributed by atoms with Gasteiger partial charge in [0.15, 0.2) is 0 Å². The van der Waals surface area contributed by atoms with Gasteiger partial charge in [0.05, 0.1) is 5.69 Å². The monoisotopic (exact) mass is 483 g/mol. The number of likely N-dealkylation sites (tertiary alicyclic amines) is 1. The summed E-state index contributed by atoms with van der Waals surface area (Å²) < 4.78 is 29.7. The zero-order valence-electron chi connectivity index (χ0n) is 17.0. The largest absolute Gasteiger partial charge is 0.310 e. The van der Waals surface area contributed by atoms with Crippen molar-refractivity contribution < 1.29 is 13.2 Å². The number of piperidine rings is 1. The molecule has 1 saturated heterocycles. The summed E-state index contributed by atoms with van der Waals surface area (Å²) in [6.45, 7) is 6.37. The molecule has 1 aromatic carbocycles. The first-order valence-corrected chi connectivity index (χ1v) is 13.0. The zero-order valence-corrected chi connectivity index (χ0v) is 19.4. The van der Waals surface area contributed by atoms with Crippen LogP contribution in [0.2, 0.25) is 0 Å². The number of amides is 1. The summed E-state index contributed by atoms with van der Waals surface area (Å²) in [4.78, 5) is 17.0. The minimum Gasteiger partial charge on any atom is -0.310 e. The highest BCUT2D eigenvalue weighted by Crippen LogP contribution is 2.41. The van der Waals surface area contributed by atoms with Gasteiger partial charge in [0.1, 0.15) is 4.90 Å². The number of hydrogen-bond donors (Lipinski definition) is 1. The van der Waals surface area contributed by atoms with E-state index >= 15 is 0 Å². The minimum absolute atomic E-state index is 0.0695. The Labute approximate surface area is 182 Å². The van der Waals surface area contributed by atoms with Crippen LogP contribution in [0.4, 0.5) is 5.69 Å². The molecule has 2 heterocycles. The zero-order chi connectivity index (χ0) is 20.6. The summed E-state index contributed by atoms with van der Waals surface area (Å²) in [6.07, 6.45) is 5.82. The van der Waals surface area contributed by atoms with E-state index in [1.54, 1.807) is 11.0 Å². The molecule has 0 aromatic heterocycles. The first-order valence-electron chi connectivity index (χ1n) is 10.7. The molecule has 2 fully saturated rings. The molecule has 0 spiro atoms. The Morgan fingerprint density at radius 3 is 2.76 bits per heavy atom. The second-order valence-electron chi connectivity index (χ2n) is 8.73. The highest BCUT2D eigenvalue weighted by atomic mass is 79.9. The van der Waals surface area contributed by atoms with Gasteiger partial charge in [-0.05, 0) is 75.2 Å². The van der Waals surface area contributed by atoms with E-state index in [1.165, 1.54) is 12.8 Å². The number of carbonyl (C=O) groups is 1. The van der Waals surface area contributed by atoms with Crippen LogP contribution >= 0.6 is 15.9 Å². The van der Waals surface area contributed by atoms with Crippen LogP contribution in [0.5, 0.6) is 0 Å². The topological polar surface area (TPSA) is 69.7 Å². The normalized spacial score (nSPS) is 22.7. The summed E-state index contributed by atoms with van der Waals surface area (Å²) >= 11 is 3.44. The average Bonchev–Trinajstić information content (AvgIpc) is 3.44. The summed E-state index contributed by atoms with van der Waals surface area (Å²) in [5.41, 5.74) is 1.51. The fraction of sp³-hybridized carbons (Fsp3) is 0.667. The number of hydrogen-bond acceptors (Lipinski definition) is 4. The van der Waals surface area contributed by atoms with Gasteiger partial charge in [-0.25, -0.2) is 13.1 Å². The van der Waals surface area contributed by atoms with Gasteiger partial charge < -0.3 is 9.80 Å². The maximum atomic E-state index is 13.1. The van der Waals surface area contributed by atoms with E-state index in [-0.39, 0.29) is 16.7 Å². The predicted octanol–water partition coefficient (Wildman–Crippen LogP) is 3.15. The standard InChI is InChI=1S/C21H30BrN3O3S/c1-15-4-2-9-24(14-15)10-3-8-23-29(27,28)19-13-18(22)12-17-7-11-25(20(17)19)21(26)16-5-6-16/h12-13,15-16,23H,2-11,14H2,1H3/t15-/m0/s1. The maximum Gasteiger partial charge on any atom is 0.242 e. The van der Waals surface area contributed by atoms with Crippen LogP contribution in [-0.4, -0.2) is 51.9 Å². The van der Waals surface area contributed by atoms with E-state index in [2.05, 4.69) is 32.5 Å². The lowest BCUT2D eigenvalue weighted by Crippen LogP contribution is -2.37. The van der Waals surface area contributed by atoms with Gasteiger partial charge in [-0.1, -0.05) is 22.9 Å². The number of halogens is 1. The quantitative estimate of drug-likeness (QED) is 0.604. The van der Waals surface area contributed by atoms with Crippen LogP contribution in [0.15, 0.2) is 21.5 Å². The van der Waals surface area contributed by atoms with E-state index in [1.807, 2.05) is 6.07 Å². The Morgan fingerprint density at radius 2 is 2.03 bits per heavy atom. The van der Waals surface area contributed by atoms with Crippen molar-refractivity contribution in [1.29, 1.82) is 0 Å². The number of nitrogens with zero attached hydrogens (tertiary/aromatic N) is 2.